The number of aliphatic carboxylic acids is 1. The van der Waals surface area contributed by atoms with Crippen molar-refractivity contribution >= 4 is 21.7 Å². The third-order valence-electron chi connectivity index (χ3n) is 3.90. The van der Waals surface area contributed by atoms with Crippen LogP contribution in [0.4, 0.5) is 5.69 Å². The maximum Gasteiger partial charge on any atom is 0.303 e. The van der Waals surface area contributed by atoms with Crippen LogP contribution in [-0.2, 0) is 21.2 Å². The summed E-state index contributed by atoms with van der Waals surface area (Å²) in [5.41, 5.74) is 2.67. The molecule has 146 valence electrons. The van der Waals surface area contributed by atoms with E-state index in [1.807, 2.05) is 43.3 Å². The lowest BCUT2D eigenvalue weighted by atomic mass is 9.98. The number of ether oxygens (including phenoxy) is 1. The second-order valence-corrected chi connectivity index (χ2v) is 8.10. The molecule has 0 heterocycles. The van der Waals surface area contributed by atoms with Gasteiger partial charge in [-0.05, 0) is 36.1 Å². The van der Waals surface area contributed by atoms with Crippen molar-refractivity contribution in [2.45, 2.75) is 32.6 Å². The fraction of sp³-hybridized carbons (Fsp3) is 0.350. The van der Waals surface area contributed by atoms with Crippen LogP contribution >= 0.6 is 0 Å². The smallest absolute Gasteiger partial charge is 0.303 e. The number of hydrogen-bond donors (Lipinski definition) is 2. The topological polar surface area (TPSA) is 92.7 Å². The molecule has 0 unspecified atom stereocenters. The molecule has 0 saturated carbocycles. The summed E-state index contributed by atoms with van der Waals surface area (Å²) in [6.45, 7) is 2.51. The average molecular weight is 391 g/mol. The van der Waals surface area contributed by atoms with Gasteiger partial charge in [0.15, 0.2) is 5.75 Å². The summed E-state index contributed by atoms with van der Waals surface area (Å²) in [5.74, 6) is -0.448. The van der Waals surface area contributed by atoms with Crippen molar-refractivity contribution < 1.29 is 23.1 Å². The predicted octanol–water partition coefficient (Wildman–Crippen LogP) is 3.92. The molecule has 6 nitrogen and oxygen atoms in total. The molecule has 0 saturated heterocycles. The lowest BCUT2D eigenvalue weighted by molar-refractivity contribution is -0.136. The highest BCUT2D eigenvalue weighted by molar-refractivity contribution is 7.92. The van der Waals surface area contributed by atoms with E-state index in [4.69, 9.17) is 9.84 Å². The van der Waals surface area contributed by atoms with Gasteiger partial charge in [0.1, 0.15) is 0 Å². The Hall–Kier alpha value is -2.54. The molecular formula is C20H25NO5S. The molecule has 0 aliphatic rings. The van der Waals surface area contributed by atoms with Gasteiger partial charge >= 0.3 is 5.97 Å². The minimum atomic E-state index is -3.52. The van der Waals surface area contributed by atoms with E-state index < -0.39 is 16.0 Å². The Bertz CT molecular complexity index is 879. The molecule has 0 atom stereocenters. The molecule has 2 aromatic carbocycles. The number of rotatable bonds is 10. The Morgan fingerprint density at radius 2 is 1.89 bits per heavy atom. The van der Waals surface area contributed by atoms with E-state index in [2.05, 4.69) is 4.72 Å². The number of carboxylic acids is 1. The first-order chi connectivity index (χ1) is 12.8. The average Bonchev–Trinajstić information content (AvgIpc) is 2.60. The first-order valence-corrected chi connectivity index (χ1v) is 10.7. The zero-order valence-corrected chi connectivity index (χ0v) is 16.4. The van der Waals surface area contributed by atoms with Crippen LogP contribution in [0.5, 0.6) is 5.75 Å². The maximum atomic E-state index is 11.8. The number of nitrogens with one attached hydrogen (secondary N) is 1. The van der Waals surface area contributed by atoms with Gasteiger partial charge in [0, 0.05) is 12.0 Å². The van der Waals surface area contributed by atoms with Crippen molar-refractivity contribution in [3.8, 4) is 16.9 Å². The zero-order chi connectivity index (χ0) is 19.9. The fourth-order valence-electron chi connectivity index (χ4n) is 2.67. The number of unbranched alkanes of at least 4 members (excludes halogenated alkanes) is 1. The first-order valence-electron chi connectivity index (χ1n) is 8.85. The normalized spacial score (nSPS) is 11.2. The minimum Gasteiger partial charge on any atom is -0.491 e. The molecule has 0 spiro atoms. The standard InChI is InChI=1S/C20H25NO5S/c1-3-4-12-26-20-17(16-8-6-5-7-9-16)13-15(10-11-19(22)23)14-18(20)21-27(2,24)25/h5-9,13-14,21H,3-4,10-12H2,1-2H3,(H,22,23). The van der Waals surface area contributed by atoms with Crippen LogP contribution in [-0.4, -0.2) is 32.4 Å². The quantitative estimate of drug-likeness (QED) is 0.599. The van der Waals surface area contributed by atoms with E-state index in [-0.39, 0.29) is 6.42 Å². The highest BCUT2D eigenvalue weighted by Crippen LogP contribution is 2.39. The SMILES string of the molecule is CCCCOc1c(NS(C)(=O)=O)cc(CCC(=O)O)cc1-c1ccccc1. The summed E-state index contributed by atoms with van der Waals surface area (Å²) in [6.07, 6.45) is 3.12. The molecule has 0 aromatic heterocycles. The van der Waals surface area contributed by atoms with Crippen LogP contribution in [0.1, 0.15) is 31.7 Å². The Balaban J connectivity index is 2.57. The Labute approximate surface area is 160 Å². The largest absolute Gasteiger partial charge is 0.491 e. The van der Waals surface area contributed by atoms with E-state index in [0.29, 0.717) is 24.5 Å². The van der Waals surface area contributed by atoms with Crippen molar-refractivity contribution in [1.29, 1.82) is 0 Å². The molecule has 0 aliphatic heterocycles. The van der Waals surface area contributed by atoms with Crippen molar-refractivity contribution in [2.24, 2.45) is 0 Å². The third-order valence-corrected chi connectivity index (χ3v) is 4.49. The predicted molar refractivity (Wildman–Crippen MR) is 107 cm³/mol. The lowest BCUT2D eigenvalue weighted by Gasteiger charge is -2.18. The van der Waals surface area contributed by atoms with E-state index in [1.165, 1.54) is 0 Å². The molecule has 7 heteroatoms. The van der Waals surface area contributed by atoms with Gasteiger partial charge in [-0.1, -0.05) is 43.7 Å². The monoisotopic (exact) mass is 391 g/mol. The molecule has 0 bridgehead atoms. The molecule has 0 amide bonds. The van der Waals surface area contributed by atoms with Crippen LogP contribution < -0.4 is 9.46 Å². The summed E-state index contributed by atoms with van der Waals surface area (Å²) < 4.78 is 32.2. The summed E-state index contributed by atoms with van der Waals surface area (Å²) in [5, 5.41) is 8.98. The van der Waals surface area contributed by atoms with Crippen LogP contribution in [0, 0.1) is 0 Å². The number of carbonyl (C=O) groups is 1. The van der Waals surface area contributed by atoms with Gasteiger partial charge in [-0.25, -0.2) is 8.42 Å². The second-order valence-electron chi connectivity index (χ2n) is 6.36. The number of benzene rings is 2. The number of anilines is 1. The molecule has 2 N–H and O–H groups in total. The van der Waals surface area contributed by atoms with E-state index in [0.717, 1.165) is 35.8 Å². The van der Waals surface area contributed by atoms with Crippen LogP contribution in [0.15, 0.2) is 42.5 Å². The summed E-state index contributed by atoms with van der Waals surface area (Å²) in [6, 6.07) is 13.0. The van der Waals surface area contributed by atoms with Gasteiger partial charge in [-0.15, -0.1) is 0 Å². The molecule has 0 fully saturated rings. The van der Waals surface area contributed by atoms with Crippen LogP contribution in [0.25, 0.3) is 11.1 Å². The highest BCUT2D eigenvalue weighted by atomic mass is 32.2. The van der Waals surface area contributed by atoms with Gasteiger partial charge < -0.3 is 9.84 Å². The summed E-state index contributed by atoms with van der Waals surface area (Å²) in [4.78, 5) is 10.9. The van der Waals surface area contributed by atoms with Crippen molar-refractivity contribution in [1.82, 2.24) is 0 Å². The number of hydrogen-bond acceptors (Lipinski definition) is 4. The van der Waals surface area contributed by atoms with Crippen molar-refractivity contribution in [3.63, 3.8) is 0 Å². The highest BCUT2D eigenvalue weighted by Gasteiger charge is 2.17. The third kappa shape index (κ3) is 6.60. The van der Waals surface area contributed by atoms with Gasteiger partial charge in [-0.2, -0.15) is 0 Å². The van der Waals surface area contributed by atoms with Crippen molar-refractivity contribution in [3.05, 3.63) is 48.0 Å². The Morgan fingerprint density at radius 1 is 1.19 bits per heavy atom. The number of carboxylic acid groups (broad SMARTS) is 1. The van der Waals surface area contributed by atoms with Crippen LogP contribution in [0.3, 0.4) is 0 Å². The van der Waals surface area contributed by atoms with E-state index >= 15 is 0 Å². The lowest BCUT2D eigenvalue weighted by Crippen LogP contribution is -2.12. The molecule has 0 radical (unpaired) electrons. The second kappa shape index (κ2) is 9.41. The van der Waals surface area contributed by atoms with Crippen LogP contribution in [0.2, 0.25) is 0 Å². The summed E-state index contributed by atoms with van der Waals surface area (Å²) in [7, 11) is -3.52. The molecule has 0 aliphatic carbocycles. The number of sulfonamides is 1. The molecular weight excluding hydrogens is 366 g/mol. The van der Waals surface area contributed by atoms with Gasteiger partial charge in [-0.3, -0.25) is 9.52 Å². The van der Waals surface area contributed by atoms with Gasteiger partial charge in [0.2, 0.25) is 10.0 Å². The fourth-order valence-corrected chi connectivity index (χ4v) is 3.22. The zero-order valence-electron chi connectivity index (χ0n) is 15.6. The molecule has 27 heavy (non-hydrogen) atoms. The Morgan fingerprint density at radius 3 is 2.48 bits per heavy atom. The minimum absolute atomic E-state index is 0.0391. The number of aryl methyl sites for hydroxylation is 1. The van der Waals surface area contributed by atoms with Gasteiger partial charge in [0.25, 0.3) is 0 Å². The maximum absolute atomic E-state index is 11.8. The van der Waals surface area contributed by atoms with E-state index in [9.17, 15) is 13.2 Å². The first kappa shape index (κ1) is 20.8. The van der Waals surface area contributed by atoms with E-state index in [1.54, 1.807) is 6.07 Å². The Kier molecular flexibility index (Phi) is 7.24. The molecule has 2 aromatic rings. The van der Waals surface area contributed by atoms with Gasteiger partial charge in [0.05, 0.1) is 18.6 Å². The summed E-state index contributed by atoms with van der Waals surface area (Å²) >= 11 is 0. The van der Waals surface area contributed by atoms with Crippen molar-refractivity contribution in [2.75, 3.05) is 17.6 Å². The molecule has 2 rings (SSSR count).